The first-order chi connectivity index (χ1) is 14.0. The minimum atomic E-state index is -0.721. The average Bonchev–Trinajstić information content (AvgIpc) is 3.36. The summed E-state index contributed by atoms with van der Waals surface area (Å²) in [6, 6.07) is 15.1. The number of aryl methyl sites for hydroxylation is 1. The summed E-state index contributed by atoms with van der Waals surface area (Å²) in [6.45, 7) is 2.69. The number of hydrogen-bond donors (Lipinski definition) is 1. The van der Waals surface area contributed by atoms with E-state index in [4.69, 9.17) is 28.0 Å². The van der Waals surface area contributed by atoms with Crippen molar-refractivity contribution < 1.29 is 9.63 Å². The average molecular weight is 429 g/mol. The van der Waals surface area contributed by atoms with Gasteiger partial charge in [0, 0.05) is 24.2 Å². The van der Waals surface area contributed by atoms with Gasteiger partial charge in [0.25, 0.3) is 5.91 Å². The molecule has 0 radical (unpaired) electrons. The van der Waals surface area contributed by atoms with Gasteiger partial charge < -0.3 is 10.2 Å². The molecule has 8 heteroatoms. The summed E-state index contributed by atoms with van der Waals surface area (Å²) >= 11 is 12.0. The van der Waals surface area contributed by atoms with Crippen LogP contribution in [0.5, 0.6) is 0 Å². The van der Waals surface area contributed by atoms with Crippen molar-refractivity contribution in [3.05, 3.63) is 81.5 Å². The Morgan fingerprint density at radius 3 is 2.83 bits per heavy atom. The van der Waals surface area contributed by atoms with Gasteiger partial charge in [-0.1, -0.05) is 58.7 Å². The normalized spacial score (nSPS) is 15.7. The fraction of sp³-hybridized carbons (Fsp3) is 0.190. The molecule has 1 amide bonds. The Labute approximate surface area is 178 Å². The van der Waals surface area contributed by atoms with Crippen LogP contribution in [-0.2, 0) is 16.2 Å². The van der Waals surface area contributed by atoms with E-state index in [0.29, 0.717) is 34.5 Å². The maximum atomic E-state index is 12.5. The van der Waals surface area contributed by atoms with Gasteiger partial charge in [-0.05, 0) is 30.2 Å². The molecule has 0 saturated heterocycles. The third kappa shape index (κ3) is 4.44. The van der Waals surface area contributed by atoms with E-state index in [1.807, 2.05) is 18.3 Å². The molecule has 6 nitrogen and oxygen atoms in total. The smallest absolute Gasteiger partial charge is 0.269 e. The van der Waals surface area contributed by atoms with Crippen molar-refractivity contribution in [1.29, 1.82) is 0 Å². The second-order valence-electron chi connectivity index (χ2n) is 6.78. The summed E-state index contributed by atoms with van der Waals surface area (Å²) in [5.41, 5.74) is 3.79. The molecular formula is C21H18Cl2N4O2. The Hall–Kier alpha value is -2.83. The number of benzene rings is 2. The zero-order chi connectivity index (χ0) is 20.4. The minimum Gasteiger partial charge on any atom is -0.382 e. The number of anilines is 1. The maximum Gasteiger partial charge on any atom is 0.269 e. The van der Waals surface area contributed by atoms with Crippen LogP contribution in [0.1, 0.15) is 23.1 Å². The van der Waals surface area contributed by atoms with Crippen LogP contribution in [0, 0.1) is 6.92 Å². The van der Waals surface area contributed by atoms with Gasteiger partial charge in [-0.15, -0.1) is 0 Å². The number of carbonyl (C=O) groups excluding carboxylic acids is 1. The molecule has 29 heavy (non-hydrogen) atoms. The van der Waals surface area contributed by atoms with Gasteiger partial charge in [0.1, 0.15) is 0 Å². The SMILES string of the molecule is Cc1ccccc1Cn1ccc(NC(=O)[C@H]2CC(c3ccc(Cl)c(Cl)c3)=NO2)n1. The zero-order valence-electron chi connectivity index (χ0n) is 15.6. The Kier molecular flexibility index (Phi) is 5.56. The van der Waals surface area contributed by atoms with E-state index in [1.165, 1.54) is 11.1 Å². The molecule has 0 saturated carbocycles. The van der Waals surface area contributed by atoms with Crippen molar-refractivity contribution >= 4 is 40.6 Å². The molecule has 0 bridgehead atoms. The van der Waals surface area contributed by atoms with Crippen LogP contribution in [0.2, 0.25) is 10.0 Å². The molecule has 148 valence electrons. The highest BCUT2D eigenvalue weighted by Gasteiger charge is 2.29. The lowest BCUT2D eigenvalue weighted by Gasteiger charge is -2.08. The molecule has 3 aromatic rings. The molecule has 1 aromatic heterocycles. The molecule has 0 fully saturated rings. The number of oxime groups is 1. The molecular weight excluding hydrogens is 411 g/mol. The first-order valence-electron chi connectivity index (χ1n) is 9.06. The van der Waals surface area contributed by atoms with E-state index in [2.05, 4.69) is 34.6 Å². The molecule has 2 heterocycles. The molecule has 0 aliphatic carbocycles. The third-order valence-corrected chi connectivity index (χ3v) is 5.44. The van der Waals surface area contributed by atoms with Crippen molar-refractivity contribution in [2.45, 2.75) is 26.0 Å². The lowest BCUT2D eigenvalue weighted by molar-refractivity contribution is -0.125. The number of hydrogen-bond acceptors (Lipinski definition) is 4. The quantitative estimate of drug-likeness (QED) is 0.641. The predicted molar refractivity (Wildman–Crippen MR) is 114 cm³/mol. The molecule has 0 spiro atoms. The van der Waals surface area contributed by atoms with Gasteiger partial charge in [0.15, 0.2) is 5.82 Å². The van der Waals surface area contributed by atoms with Crippen molar-refractivity contribution in [2.75, 3.05) is 5.32 Å². The summed E-state index contributed by atoms with van der Waals surface area (Å²) in [7, 11) is 0. The molecule has 1 atom stereocenters. The standard InChI is InChI=1S/C21H18Cl2N4O2/c1-13-4-2-3-5-15(13)12-27-9-8-20(25-27)24-21(28)19-11-18(26-29-19)14-6-7-16(22)17(23)10-14/h2-10,19H,11-12H2,1H3,(H,24,25,28)/t19-/m1/s1. The number of amides is 1. The van der Waals surface area contributed by atoms with Crippen LogP contribution in [0.15, 0.2) is 59.9 Å². The number of halogens is 2. The number of nitrogens with zero attached hydrogens (tertiary/aromatic N) is 3. The lowest BCUT2D eigenvalue weighted by Crippen LogP contribution is -2.28. The van der Waals surface area contributed by atoms with Gasteiger partial charge in [0.05, 0.1) is 22.3 Å². The molecule has 1 aliphatic heterocycles. The minimum absolute atomic E-state index is 0.301. The van der Waals surface area contributed by atoms with Crippen molar-refractivity contribution in [3.63, 3.8) is 0 Å². The van der Waals surface area contributed by atoms with Crippen LogP contribution in [0.25, 0.3) is 0 Å². The fourth-order valence-corrected chi connectivity index (χ4v) is 3.35. The van der Waals surface area contributed by atoms with Crippen LogP contribution in [0.4, 0.5) is 5.82 Å². The number of aromatic nitrogens is 2. The van der Waals surface area contributed by atoms with Gasteiger partial charge in [-0.25, -0.2) is 0 Å². The predicted octanol–water partition coefficient (Wildman–Crippen LogP) is 4.68. The fourth-order valence-electron chi connectivity index (χ4n) is 3.05. The van der Waals surface area contributed by atoms with E-state index in [1.54, 1.807) is 28.9 Å². The van der Waals surface area contributed by atoms with Gasteiger partial charge in [0.2, 0.25) is 6.10 Å². The summed E-state index contributed by atoms with van der Waals surface area (Å²) in [5.74, 6) is 0.167. The van der Waals surface area contributed by atoms with Crippen LogP contribution in [0.3, 0.4) is 0 Å². The van der Waals surface area contributed by atoms with Crippen molar-refractivity contribution in [2.24, 2.45) is 5.16 Å². The topological polar surface area (TPSA) is 68.5 Å². The first-order valence-corrected chi connectivity index (χ1v) is 9.82. The summed E-state index contributed by atoms with van der Waals surface area (Å²) in [6.07, 6.45) is 1.45. The van der Waals surface area contributed by atoms with Gasteiger partial charge >= 0.3 is 0 Å². The summed E-state index contributed by atoms with van der Waals surface area (Å²) < 4.78 is 1.78. The van der Waals surface area contributed by atoms with Crippen molar-refractivity contribution in [3.8, 4) is 0 Å². The van der Waals surface area contributed by atoms with E-state index >= 15 is 0 Å². The molecule has 1 N–H and O–H groups in total. The second-order valence-corrected chi connectivity index (χ2v) is 7.59. The van der Waals surface area contributed by atoms with Crippen molar-refractivity contribution in [1.82, 2.24) is 9.78 Å². The number of carbonyl (C=O) groups is 1. The Balaban J connectivity index is 1.36. The summed E-state index contributed by atoms with van der Waals surface area (Å²) in [5, 5.41) is 12.1. The highest BCUT2D eigenvalue weighted by Crippen LogP contribution is 2.26. The van der Waals surface area contributed by atoms with Crippen LogP contribution >= 0.6 is 23.2 Å². The van der Waals surface area contributed by atoms with Gasteiger partial charge in [-0.3, -0.25) is 9.48 Å². The lowest BCUT2D eigenvalue weighted by atomic mass is 10.0. The molecule has 4 rings (SSSR count). The van der Waals surface area contributed by atoms with Crippen LogP contribution in [-0.4, -0.2) is 27.5 Å². The van der Waals surface area contributed by atoms with Gasteiger partial charge in [-0.2, -0.15) is 5.10 Å². The molecule has 0 unspecified atom stereocenters. The second kappa shape index (κ2) is 8.27. The number of rotatable bonds is 5. The highest BCUT2D eigenvalue weighted by atomic mass is 35.5. The Morgan fingerprint density at radius 1 is 1.21 bits per heavy atom. The van der Waals surface area contributed by atoms with E-state index in [9.17, 15) is 4.79 Å². The van der Waals surface area contributed by atoms with E-state index in [-0.39, 0.29) is 5.91 Å². The Morgan fingerprint density at radius 2 is 2.03 bits per heavy atom. The first kappa shape index (κ1) is 19.5. The highest BCUT2D eigenvalue weighted by molar-refractivity contribution is 6.42. The van der Waals surface area contributed by atoms with Crippen LogP contribution < -0.4 is 5.32 Å². The van der Waals surface area contributed by atoms with E-state index in [0.717, 1.165) is 5.56 Å². The number of nitrogens with one attached hydrogen (secondary N) is 1. The molecule has 1 aliphatic rings. The monoisotopic (exact) mass is 428 g/mol. The molecule has 2 aromatic carbocycles. The Bertz CT molecular complexity index is 1090. The largest absolute Gasteiger partial charge is 0.382 e. The van der Waals surface area contributed by atoms with E-state index < -0.39 is 6.10 Å². The summed E-state index contributed by atoms with van der Waals surface area (Å²) in [4.78, 5) is 17.8. The maximum absolute atomic E-state index is 12.5. The zero-order valence-corrected chi connectivity index (χ0v) is 17.1. The third-order valence-electron chi connectivity index (χ3n) is 4.70.